The van der Waals surface area contributed by atoms with Crippen LogP contribution in [0.3, 0.4) is 0 Å². The van der Waals surface area contributed by atoms with E-state index in [1.54, 1.807) is 0 Å². The molecule has 7 nitrogen and oxygen atoms in total. The van der Waals surface area contributed by atoms with Crippen LogP contribution in [0.25, 0.3) is 10.9 Å². The van der Waals surface area contributed by atoms with Gasteiger partial charge < -0.3 is 25.0 Å². The first kappa shape index (κ1) is 18.8. The minimum atomic E-state index is -0.397. The van der Waals surface area contributed by atoms with Gasteiger partial charge in [-0.15, -0.1) is 0 Å². The molecule has 148 valence electrons. The normalized spacial score (nSPS) is 23.8. The summed E-state index contributed by atoms with van der Waals surface area (Å²) in [5.74, 6) is 0. The van der Waals surface area contributed by atoms with Gasteiger partial charge >= 0.3 is 6.09 Å². The molecule has 28 heavy (non-hydrogen) atoms. The van der Waals surface area contributed by atoms with Crippen LogP contribution in [0, 0.1) is 11.3 Å². The van der Waals surface area contributed by atoms with Crippen LogP contribution in [-0.2, 0) is 24.1 Å². The number of carbonyl (C=O) groups is 1. The third kappa shape index (κ3) is 3.46. The molecular formula is C21H26N4O3. The number of aliphatic hydroxyl groups excluding tert-OH is 1. The van der Waals surface area contributed by atoms with Crippen molar-refractivity contribution in [2.24, 2.45) is 0 Å². The smallest absolute Gasteiger partial charge is 0.407 e. The molecule has 0 radical (unpaired) electrons. The van der Waals surface area contributed by atoms with Gasteiger partial charge in [0, 0.05) is 35.6 Å². The van der Waals surface area contributed by atoms with E-state index < -0.39 is 6.09 Å². The number of nitrogens with zero attached hydrogens (tertiary/aromatic N) is 2. The Balaban J connectivity index is 1.65. The second-order valence-corrected chi connectivity index (χ2v) is 8.00. The SMILES string of the molecule is CC(C)OC(=O)NC1Cc2c(n(C[C@H]3NCC[C@@H]3O)c3ccc(C#N)cc23)C1. The number of fused-ring (bicyclic) bond motifs is 3. The second kappa shape index (κ2) is 7.46. The topological polar surface area (TPSA) is 99.3 Å². The van der Waals surface area contributed by atoms with Crippen LogP contribution in [0.5, 0.6) is 0 Å². The highest BCUT2D eigenvalue weighted by molar-refractivity contribution is 5.88. The predicted octanol–water partition coefficient (Wildman–Crippen LogP) is 1.84. The monoisotopic (exact) mass is 382 g/mol. The first-order chi connectivity index (χ1) is 13.5. The number of ether oxygens (including phenoxy) is 1. The minimum Gasteiger partial charge on any atom is -0.447 e. The number of aromatic nitrogens is 1. The molecule has 2 aliphatic rings. The number of hydrogen-bond acceptors (Lipinski definition) is 5. The highest BCUT2D eigenvalue weighted by Gasteiger charge is 2.32. The summed E-state index contributed by atoms with van der Waals surface area (Å²) in [5.41, 5.74) is 4.05. The number of benzene rings is 1. The number of nitrogens with one attached hydrogen (secondary N) is 2. The first-order valence-corrected chi connectivity index (χ1v) is 9.89. The molecule has 1 aromatic heterocycles. The van der Waals surface area contributed by atoms with Gasteiger partial charge in [-0.3, -0.25) is 0 Å². The standard InChI is InChI=1S/C21H26N4O3/c1-12(2)28-21(27)24-14-8-16-15-7-13(10-22)3-4-18(15)25(19(16)9-14)11-17-20(26)5-6-23-17/h3-4,7,12,14,17,20,23,26H,5-6,8-9,11H2,1-2H3,(H,24,27)/t14?,17-,20+/m1/s1. The van der Waals surface area contributed by atoms with E-state index in [2.05, 4.69) is 21.3 Å². The fourth-order valence-corrected chi connectivity index (χ4v) is 4.42. The molecule has 3 atom stereocenters. The number of amides is 1. The molecule has 1 amide bonds. The molecule has 1 aromatic carbocycles. The summed E-state index contributed by atoms with van der Waals surface area (Å²) < 4.78 is 7.46. The third-order valence-electron chi connectivity index (χ3n) is 5.66. The lowest BCUT2D eigenvalue weighted by atomic mass is 10.1. The summed E-state index contributed by atoms with van der Waals surface area (Å²) in [7, 11) is 0. The van der Waals surface area contributed by atoms with Gasteiger partial charge in [-0.1, -0.05) is 0 Å². The molecule has 3 N–H and O–H groups in total. The Morgan fingerprint density at radius 3 is 2.96 bits per heavy atom. The van der Waals surface area contributed by atoms with Crippen molar-refractivity contribution in [2.75, 3.05) is 6.54 Å². The highest BCUT2D eigenvalue weighted by Crippen LogP contribution is 2.34. The fourth-order valence-electron chi connectivity index (χ4n) is 4.42. The van der Waals surface area contributed by atoms with Crippen LogP contribution in [0.4, 0.5) is 4.79 Å². The first-order valence-electron chi connectivity index (χ1n) is 9.89. The van der Waals surface area contributed by atoms with Gasteiger partial charge in [-0.2, -0.15) is 5.26 Å². The van der Waals surface area contributed by atoms with E-state index in [0.29, 0.717) is 24.9 Å². The summed E-state index contributed by atoms with van der Waals surface area (Å²) in [6, 6.07) is 7.95. The van der Waals surface area contributed by atoms with Crippen LogP contribution >= 0.6 is 0 Å². The molecule has 1 saturated heterocycles. The summed E-state index contributed by atoms with van der Waals surface area (Å²) in [5, 5.41) is 26.9. The van der Waals surface area contributed by atoms with Crippen LogP contribution < -0.4 is 10.6 Å². The van der Waals surface area contributed by atoms with Crippen molar-refractivity contribution in [3.8, 4) is 6.07 Å². The Morgan fingerprint density at radius 2 is 2.29 bits per heavy atom. The Bertz CT molecular complexity index is 943. The van der Waals surface area contributed by atoms with Crippen molar-refractivity contribution in [2.45, 2.75) is 63.9 Å². The molecule has 4 rings (SSSR count). The number of alkyl carbamates (subject to hydrolysis) is 1. The van der Waals surface area contributed by atoms with Crippen molar-refractivity contribution < 1.29 is 14.6 Å². The predicted molar refractivity (Wildman–Crippen MR) is 105 cm³/mol. The number of hydrogen-bond donors (Lipinski definition) is 3. The zero-order valence-electron chi connectivity index (χ0n) is 16.2. The molecule has 0 bridgehead atoms. The summed E-state index contributed by atoms with van der Waals surface area (Å²) in [6.07, 6.45) is 1.26. The maximum Gasteiger partial charge on any atom is 0.407 e. The van der Waals surface area contributed by atoms with E-state index >= 15 is 0 Å². The maximum absolute atomic E-state index is 12.0. The number of rotatable bonds is 4. The Morgan fingerprint density at radius 1 is 1.46 bits per heavy atom. The Labute approximate surface area is 164 Å². The number of nitriles is 1. The zero-order valence-corrected chi connectivity index (χ0v) is 16.2. The molecule has 1 unspecified atom stereocenters. The van der Waals surface area contributed by atoms with Gasteiger partial charge in [0.25, 0.3) is 0 Å². The summed E-state index contributed by atoms with van der Waals surface area (Å²) in [4.78, 5) is 12.0. The van der Waals surface area contributed by atoms with Crippen LogP contribution in [0.1, 0.15) is 37.1 Å². The molecule has 1 fully saturated rings. The average Bonchev–Trinajstić information content (AvgIpc) is 3.30. The van der Waals surface area contributed by atoms with Crippen molar-refractivity contribution in [3.63, 3.8) is 0 Å². The van der Waals surface area contributed by atoms with Gasteiger partial charge in [0.2, 0.25) is 0 Å². The molecular weight excluding hydrogens is 356 g/mol. The van der Waals surface area contributed by atoms with Crippen LogP contribution in [-0.4, -0.2) is 46.6 Å². The summed E-state index contributed by atoms with van der Waals surface area (Å²) >= 11 is 0. The molecule has 0 saturated carbocycles. The van der Waals surface area contributed by atoms with Gasteiger partial charge in [0.05, 0.1) is 29.9 Å². The van der Waals surface area contributed by atoms with Crippen molar-refractivity contribution in [1.29, 1.82) is 5.26 Å². The van der Waals surface area contributed by atoms with Crippen molar-refractivity contribution >= 4 is 17.0 Å². The molecule has 2 heterocycles. The minimum absolute atomic E-state index is 0.00765. The molecule has 7 heteroatoms. The lowest BCUT2D eigenvalue weighted by molar-refractivity contribution is 0.112. The van der Waals surface area contributed by atoms with Gasteiger partial charge in [-0.05, 0) is 57.0 Å². The van der Waals surface area contributed by atoms with E-state index in [1.165, 1.54) is 11.3 Å². The van der Waals surface area contributed by atoms with Crippen LogP contribution in [0.2, 0.25) is 0 Å². The summed E-state index contributed by atoms with van der Waals surface area (Å²) in [6.45, 7) is 5.14. The number of carbonyl (C=O) groups excluding carboxylic acids is 1. The highest BCUT2D eigenvalue weighted by atomic mass is 16.6. The van der Waals surface area contributed by atoms with Crippen molar-refractivity contribution in [3.05, 3.63) is 35.0 Å². The largest absolute Gasteiger partial charge is 0.447 e. The van der Waals surface area contributed by atoms with Crippen LogP contribution in [0.15, 0.2) is 18.2 Å². The molecule has 1 aliphatic heterocycles. The Hall–Kier alpha value is -2.56. The zero-order chi connectivity index (χ0) is 19.8. The third-order valence-corrected chi connectivity index (χ3v) is 5.66. The number of aliphatic hydroxyl groups is 1. The molecule has 0 spiro atoms. The second-order valence-electron chi connectivity index (χ2n) is 8.00. The van der Waals surface area contributed by atoms with E-state index in [1.807, 2.05) is 32.0 Å². The fraction of sp³-hybridized carbons (Fsp3) is 0.524. The lowest BCUT2D eigenvalue weighted by Gasteiger charge is -2.20. The van der Waals surface area contributed by atoms with E-state index in [4.69, 9.17) is 4.74 Å². The molecule has 1 aliphatic carbocycles. The van der Waals surface area contributed by atoms with Crippen molar-refractivity contribution in [1.82, 2.24) is 15.2 Å². The van der Waals surface area contributed by atoms with Gasteiger partial charge in [0.15, 0.2) is 0 Å². The van der Waals surface area contributed by atoms with Gasteiger partial charge in [-0.25, -0.2) is 4.79 Å². The quantitative estimate of drug-likeness (QED) is 0.749. The van der Waals surface area contributed by atoms with Gasteiger partial charge in [0.1, 0.15) is 0 Å². The van der Waals surface area contributed by atoms with E-state index in [-0.39, 0.29) is 24.3 Å². The Kier molecular flexibility index (Phi) is 5.00. The van der Waals surface area contributed by atoms with E-state index in [9.17, 15) is 15.2 Å². The maximum atomic E-state index is 12.0. The van der Waals surface area contributed by atoms with E-state index in [0.717, 1.165) is 23.9 Å². The average molecular weight is 382 g/mol. The lowest BCUT2D eigenvalue weighted by Crippen LogP contribution is -2.38. The molecule has 2 aromatic rings.